The maximum absolute atomic E-state index is 14.4. The Morgan fingerprint density at radius 3 is 2.46 bits per heavy atom. The fourth-order valence-corrected chi connectivity index (χ4v) is 11.2. The molecule has 1 aromatic carbocycles. The van der Waals surface area contributed by atoms with Crippen LogP contribution in [-0.2, 0) is 49.4 Å². The third-order valence-electron chi connectivity index (χ3n) is 14.6. The molecule has 2 aliphatic carbocycles. The minimum Gasteiger partial charge on any atom is -0.495 e. The van der Waals surface area contributed by atoms with Gasteiger partial charge in [-0.1, -0.05) is 49.2 Å². The molecule has 1 saturated heterocycles. The number of fused-ring (bicyclic) bond motifs is 5. The minimum atomic E-state index is -1.82. The number of allylic oxidation sites excluding steroid dienone is 3. The number of nitrogens with one attached hydrogen (secondary N) is 1. The van der Waals surface area contributed by atoms with Gasteiger partial charge in [-0.3, -0.25) is 34.2 Å². The predicted octanol–water partition coefficient (Wildman–Crippen LogP) is 6.15. The second-order valence-corrected chi connectivity index (χ2v) is 20.7. The lowest BCUT2D eigenvalue weighted by Gasteiger charge is -2.42. The van der Waals surface area contributed by atoms with E-state index in [2.05, 4.69) is 5.32 Å². The zero-order valence-electron chi connectivity index (χ0n) is 39.9. The number of hydrogen-bond acceptors (Lipinski definition) is 13. The highest BCUT2D eigenvalue weighted by Gasteiger charge is 2.62. The molecule has 67 heavy (non-hydrogen) atoms. The molecule has 4 bridgehead atoms. The summed E-state index contributed by atoms with van der Waals surface area (Å²) >= 11 is 7.94. The molecule has 0 spiro atoms. The van der Waals surface area contributed by atoms with Crippen molar-refractivity contribution in [1.29, 1.82) is 0 Å². The molecule has 5 aliphatic rings. The number of anilines is 1. The van der Waals surface area contributed by atoms with Crippen LogP contribution in [0.2, 0.25) is 5.02 Å². The van der Waals surface area contributed by atoms with Crippen molar-refractivity contribution in [3.05, 3.63) is 57.5 Å². The fourth-order valence-electron chi connectivity index (χ4n) is 9.97. The zero-order chi connectivity index (χ0) is 49.1. The molecule has 366 valence electrons. The lowest BCUT2D eigenvalue weighted by atomic mass is 9.80. The molecule has 6 rings (SSSR count). The minimum absolute atomic E-state index is 0.0134. The van der Waals surface area contributed by atoms with Crippen molar-refractivity contribution >= 4 is 70.5 Å². The van der Waals surface area contributed by atoms with Crippen molar-refractivity contribution in [2.45, 2.75) is 122 Å². The van der Waals surface area contributed by atoms with E-state index in [-0.39, 0.29) is 64.4 Å². The van der Waals surface area contributed by atoms with E-state index in [4.69, 9.17) is 30.5 Å². The van der Waals surface area contributed by atoms with Crippen LogP contribution in [0.5, 0.6) is 5.75 Å². The first-order valence-corrected chi connectivity index (χ1v) is 24.3. The van der Waals surface area contributed by atoms with Crippen LogP contribution in [0.1, 0.15) is 91.5 Å². The molecular formula is C49H65ClN4O12S. The SMILES string of the molecule is COc1cc2cc(c1Cl)N(C)C(=O)C[C@H](OC(=O)[C@H](C)N(C)C(=O)CCSC1=CC(=O)N(CC3CCC(C(C)=O)CC3)C1=O)[C@]1(C)CC1[C@H](C)[C@@H]1C[C@@](O)(NC(=O)O1)[C@H](OC)/C=C/C=C(\C)C2. The number of likely N-dealkylation sites (N-methyl/N-ethyl adjacent to an activating group) is 1. The zero-order valence-corrected chi connectivity index (χ0v) is 41.5. The van der Waals surface area contributed by atoms with Gasteiger partial charge in [0.15, 0.2) is 5.72 Å². The number of thioether (sulfide) groups is 1. The quantitative estimate of drug-likeness (QED) is 0.179. The van der Waals surface area contributed by atoms with Crippen LogP contribution in [0.4, 0.5) is 10.5 Å². The van der Waals surface area contributed by atoms with Crippen LogP contribution in [0, 0.1) is 29.1 Å². The number of rotatable bonds is 12. The number of benzene rings is 1. The van der Waals surface area contributed by atoms with Crippen molar-refractivity contribution in [3.63, 3.8) is 0 Å². The third-order valence-corrected chi connectivity index (χ3v) is 16.0. The standard InChI is InChI=1S/C49H65ClN4O12S/c1-27-11-10-12-39(64-9)49(62)25-37(65-47(61)51-49)28(2)34-24-48(34,5)40(23-42(57)53(7)35-20-32(19-27)21-36(63-8)44(35)50)66-46(60)29(3)52(6)41(56)17-18-67-38-22-43(58)54(45(38)59)26-31-13-15-33(16-14-31)30(4)55/h10-12,20-22,28-29,31,33-34,37,39-40,62H,13-19,23-26H2,1-9H3,(H,51,61)/b12-10+,27-11+/t28-,29-,31?,33?,34?,37-,39+,40-,48+,49-/m0/s1. The van der Waals surface area contributed by atoms with E-state index < -0.39 is 71.2 Å². The summed E-state index contributed by atoms with van der Waals surface area (Å²) in [6, 6.07) is 2.52. The highest BCUT2D eigenvalue weighted by atomic mass is 35.5. The molecule has 18 heteroatoms. The maximum Gasteiger partial charge on any atom is 0.409 e. The van der Waals surface area contributed by atoms with Gasteiger partial charge in [0.2, 0.25) is 11.8 Å². The van der Waals surface area contributed by atoms with Gasteiger partial charge in [-0.05, 0) is 94.7 Å². The summed E-state index contributed by atoms with van der Waals surface area (Å²) in [4.78, 5) is 97.1. The number of Topliss-reactive ketones (excluding diaryl/α,β-unsaturated/α-hetero) is 1. The number of esters is 1. The van der Waals surface area contributed by atoms with Gasteiger partial charge >= 0.3 is 12.1 Å². The number of alkyl carbamates (subject to hydrolysis) is 1. The first-order chi connectivity index (χ1) is 31.6. The molecule has 1 unspecified atom stereocenters. The van der Waals surface area contributed by atoms with Gasteiger partial charge in [-0.25, -0.2) is 9.59 Å². The van der Waals surface area contributed by atoms with Gasteiger partial charge in [0, 0.05) is 63.8 Å². The van der Waals surface area contributed by atoms with Crippen molar-refractivity contribution in [2.75, 3.05) is 45.5 Å². The number of methoxy groups -OCH3 is 2. The molecule has 0 aromatic heterocycles. The van der Waals surface area contributed by atoms with Crippen molar-refractivity contribution in [2.24, 2.45) is 29.1 Å². The molecule has 16 nitrogen and oxygen atoms in total. The molecule has 3 aliphatic heterocycles. The Hall–Kier alpha value is -4.71. The highest BCUT2D eigenvalue weighted by Crippen LogP contribution is 2.61. The van der Waals surface area contributed by atoms with Crippen molar-refractivity contribution in [3.8, 4) is 5.75 Å². The average molecular weight is 970 g/mol. The summed E-state index contributed by atoms with van der Waals surface area (Å²) in [6.07, 6.45) is 6.70. The summed E-state index contributed by atoms with van der Waals surface area (Å²) in [5.74, 6) is -2.06. The molecule has 2 N–H and O–H groups in total. The second-order valence-electron chi connectivity index (χ2n) is 19.2. The lowest BCUT2D eigenvalue weighted by Crippen LogP contribution is -2.63. The summed E-state index contributed by atoms with van der Waals surface area (Å²) in [5, 5.41) is 14.6. The Morgan fingerprint density at radius 2 is 1.81 bits per heavy atom. The van der Waals surface area contributed by atoms with Gasteiger partial charge in [0.25, 0.3) is 11.8 Å². The number of aliphatic hydroxyl groups is 1. The largest absolute Gasteiger partial charge is 0.495 e. The topological polar surface area (TPSA) is 198 Å². The van der Waals surface area contributed by atoms with Gasteiger partial charge in [0.05, 0.1) is 24.1 Å². The van der Waals surface area contributed by atoms with E-state index in [1.807, 2.05) is 26.8 Å². The first kappa shape index (κ1) is 51.7. The maximum atomic E-state index is 14.4. The van der Waals surface area contributed by atoms with Crippen LogP contribution in [0.25, 0.3) is 0 Å². The molecule has 3 fully saturated rings. The molecule has 1 aromatic rings. The Kier molecular flexibility index (Phi) is 16.4. The average Bonchev–Trinajstić information content (AvgIpc) is 3.91. The summed E-state index contributed by atoms with van der Waals surface area (Å²) < 4.78 is 23.3. The summed E-state index contributed by atoms with van der Waals surface area (Å²) in [7, 11) is 6.00. The molecular weight excluding hydrogens is 904 g/mol. The second kappa shape index (κ2) is 21.3. The van der Waals surface area contributed by atoms with Crippen LogP contribution in [-0.4, -0.2) is 127 Å². The van der Waals surface area contributed by atoms with Crippen LogP contribution in [0.15, 0.2) is 46.9 Å². The normalized spacial score (nSPS) is 31.9. The van der Waals surface area contributed by atoms with Crippen molar-refractivity contribution in [1.82, 2.24) is 15.1 Å². The number of carbonyl (C=O) groups is 7. The smallest absolute Gasteiger partial charge is 0.409 e. The van der Waals surface area contributed by atoms with E-state index in [1.165, 1.54) is 49.0 Å². The Morgan fingerprint density at radius 1 is 1.10 bits per heavy atom. The summed E-state index contributed by atoms with van der Waals surface area (Å²) in [5.41, 5.74) is -0.508. The number of imide groups is 1. The molecule has 5 amide bonds. The monoisotopic (exact) mass is 968 g/mol. The van der Waals surface area contributed by atoms with Crippen LogP contribution in [0.3, 0.4) is 0 Å². The van der Waals surface area contributed by atoms with Crippen molar-refractivity contribution < 1.29 is 57.6 Å². The molecule has 8 atom stereocenters. The van der Waals surface area contributed by atoms with E-state index in [0.29, 0.717) is 30.8 Å². The van der Waals surface area contributed by atoms with E-state index in [9.17, 15) is 38.7 Å². The summed E-state index contributed by atoms with van der Waals surface area (Å²) in [6.45, 7) is 9.15. The number of ketones is 1. The first-order valence-electron chi connectivity index (χ1n) is 23.0. The molecule has 2 saturated carbocycles. The van der Waals surface area contributed by atoms with Crippen LogP contribution < -0.4 is 15.0 Å². The van der Waals surface area contributed by atoms with Gasteiger partial charge < -0.3 is 33.9 Å². The van der Waals surface area contributed by atoms with Gasteiger partial charge in [-0.15, -0.1) is 11.8 Å². The van der Waals surface area contributed by atoms with E-state index in [1.54, 1.807) is 38.3 Å². The third kappa shape index (κ3) is 11.6. The Balaban J connectivity index is 1.17. The molecule has 3 heterocycles. The number of amides is 5. The van der Waals surface area contributed by atoms with Gasteiger partial charge in [-0.2, -0.15) is 0 Å². The molecule has 0 radical (unpaired) electrons. The predicted molar refractivity (Wildman–Crippen MR) is 252 cm³/mol. The fraction of sp³-hybridized carbons (Fsp3) is 0.612. The number of hydrogen-bond donors (Lipinski definition) is 2. The Bertz CT molecular complexity index is 2230. The van der Waals surface area contributed by atoms with Crippen LogP contribution >= 0.6 is 23.4 Å². The highest BCUT2D eigenvalue weighted by molar-refractivity contribution is 8.04. The number of carbonyl (C=O) groups excluding carboxylic acids is 7. The van der Waals surface area contributed by atoms with E-state index in [0.717, 1.165) is 48.6 Å². The van der Waals surface area contributed by atoms with E-state index >= 15 is 0 Å². The number of halogens is 1. The number of nitrogens with zero attached hydrogens (tertiary/aromatic N) is 3. The number of ether oxygens (including phenoxy) is 4. The Labute approximate surface area is 402 Å². The lowest BCUT2D eigenvalue weighted by molar-refractivity contribution is -0.163. The van der Waals surface area contributed by atoms with Gasteiger partial charge in [0.1, 0.15) is 40.9 Å².